The molecule has 106 valence electrons. The SMILES string of the molecule is CCOC(=O)C(N)CSCCOc1ccc(C)cc1. The van der Waals surface area contributed by atoms with Gasteiger partial charge in [0.2, 0.25) is 0 Å². The molecule has 1 aromatic rings. The van der Waals surface area contributed by atoms with Gasteiger partial charge in [-0.3, -0.25) is 4.79 Å². The summed E-state index contributed by atoms with van der Waals surface area (Å²) in [4.78, 5) is 11.3. The number of carbonyl (C=O) groups is 1. The minimum atomic E-state index is -0.552. The number of aryl methyl sites for hydroxylation is 1. The van der Waals surface area contributed by atoms with E-state index in [-0.39, 0.29) is 5.97 Å². The normalized spacial score (nSPS) is 11.9. The number of hydrogen-bond acceptors (Lipinski definition) is 5. The van der Waals surface area contributed by atoms with E-state index in [1.807, 2.05) is 31.2 Å². The molecule has 0 amide bonds. The van der Waals surface area contributed by atoms with E-state index in [0.29, 0.717) is 19.0 Å². The van der Waals surface area contributed by atoms with Gasteiger partial charge in [-0.05, 0) is 26.0 Å². The number of nitrogens with two attached hydrogens (primary N) is 1. The van der Waals surface area contributed by atoms with E-state index in [9.17, 15) is 4.79 Å². The van der Waals surface area contributed by atoms with Gasteiger partial charge in [-0.1, -0.05) is 17.7 Å². The van der Waals surface area contributed by atoms with Crippen molar-refractivity contribution in [1.29, 1.82) is 0 Å². The van der Waals surface area contributed by atoms with Gasteiger partial charge in [0.1, 0.15) is 11.8 Å². The first-order chi connectivity index (χ1) is 9.13. The van der Waals surface area contributed by atoms with Crippen LogP contribution in [0.1, 0.15) is 12.5 Å². The summed E-state index contributed by atoms with van der Waals surface area (Å²) in [7, 11) is 0. The van der Waals surface area contributed by atoms with Gasteiger partial charge in [-0.2, -0.15) is 11.8 Å². The van der Waals surface area contributed by atoms with Gasteiger partial charge in [-0.25, -0.2) is 0 Å². The number of esters is 1. The molecule has 1 aromatic carbocycles. The molecule has 19 heavy (non-hydrogen) atoms. The Morgan fingerprint density at radius 2 is 2.05 bits per heavy atom. The average molecular weight is 283 g/mol. The Balaban J connectivity index is 2.11. The molecule has 0 saturated heterocycles. The maximum absolute atomic E-state index is 11.3. The van der Waals surface area contributed by atoms with Crippen molar-refractivity contribution in [2.75, 3.05) is 24.7 Å². The average Bonchev–Trinajstić information content (AvgIpc) is 2.40. The van der Waals surface area contributed by atoms with Crippen LogP contribution in [0.5, 0.6) is 5.75 Å². The first-order valence-electron chi connectivity index (χ1n) is 6.33. The zero-order valence-electron chi connectivity index (χ0n) is 11.4. The van der Waals surface area contributed by atoms with Crippen molar-refractivity contribution >= 4 is 17.7 Å². The molecule has 5 heteroatoms. The second-order valence-corrected chi connectivity index (χ2v) is 5.24. The maximum atomic E-state index is 11.3. The highest BCUT2D eigenvalue weighted by Gasteiger charge is 2.13. The van der Waals surface area contributed by atoms with Gasteiger partial charge in [0.05, 0.1) is 13.2 Å². The summed E-state index contributed by atoms with van der Waals surface area (Å²) in [5, 5.41) is 0. The van der Waals surface area contributed by atoms with E-state index in [2.05, 4.69) is 0 Å². The number of thioether (sulfide) groups is 1. The second kappa shape index (κ2) is 8.82. The fraction of sp³-hybridized carbons (Fsp3) is 0.500. The Hall–Kier alpha value is -1.20. The summed E-state index contributed by atoms with van der Waals surface area (Å²) in [6.07, 6.45) is 0. The van der Waals surface area contributed by atoms with Crippen LogP contribution >= 0.6 is 11.8 Å². The minimum Gasteiger partial charge on any atom is -0.493 e. The first kappa shape index (κ1) is 15.9. The number of rotatable bonds is 8. The van der Waals surface area contributed by atoms with E-state index < -0.39 is 6.04 Å². The highest BCUT2D eigenvalue weighted by molar-refractivity contribution is 7.99. The van der Waals surface area contributed by atoms with E-state index in [0.717, 1.165) is 11.5 Å². The van der Waals surface area contributed by atoms with Crippen molar-refractivity contribution in [3.63, 3.8) is 0 Å². The summed E-state index contributed by atoms with van der Waals surface area (Å²) in [6.45, 7) is 4.78. The van der Waals surface area contributed by atoms with Crippen molar-refractivity contribution in [3.05, 3.63) is 29.8 Å². The Labute approximate surface area is 118 Å². The fourth-order valence-electron chi connectivity index (χ4n) is 1.38. The van der Waals surface area contributed by atoms with E-state index >= 15 is 0 Å². The smallest absolute Gasteiger partial charge is 0.323 e. The van der Waals surface area contributed by atoms with E-state index in [4.69, 9.17) is 15.2 Å². The maximum Gasteiger partial charge on any atom is 0.323 e. The van der Waals surface area contributed by atoms with Crippen molar-refractivity contribution in [2.45, 2.75) is 19.9 Å². The van der Waals surface area contributed by atoms with Crippen molar-refractivity contribution < 1.29 is 14.3 Å². The Kier molecular flexibility index (Phi) is 7.36. The number of carbonyl (C=O) groups excluding carboxylic acids is 1. The lowest BCUT2D eigenvalue weighted by molar-refractivity contribution is -0.144. The molecular formula is C14H21NO3S. The van der Waals surface area contributed by atoms with Gasteiger partial charge >= 0.3 is 5.97 Å². The van der Waals surface area contributed by atoms with Crippen LogP contribution in [0.4, 0.5) is 0 Å². The number of benzene rings is 1. The van der Waals surface area contributed by atoms with E-state index in [1.54, 1.807) is 18.7 Å². The van der Waals surface area contributed by atoms with Gasteiger partial charge in [0.15, 0.2) is 0 Å². The second-order valence-electron chi connectivity index (χ2n) is 4.09. The summed E-state index contributed by atoms with van der Waals surface area (Å²) in [5.41, 5.74) is 6.89. The predicted octanol–water partition coefficient (Wildman–Crippen LogP) is 2.00. The molecule has 0 heterocycles. The Morgan fingerprint density at radius 3 is 2.68 bits per heavy atom. The summed E-state index contributed by atoms with van der Waals surface area (Å²) in [6, 6.07) is 7.37. The molecule has 0 aliphatic carbocycles. The Morgan fingerprint density at radius 1 is 1.37 bits per heavy atom. The van der Waals surface area contributed by atoms with Crippen LogP contribution in [0.25, 0.3) is 0 Å². The zero-order valence-corrected chi connectivity index (χ0v) is 12.2. The summed E-state index contributed by atoms with van der Waals surface area (Å²) >= 11 is 1.59. The largest absolute Gasteiger partial charge is 0.493 e. The third-order valence-corrected chi connectivity index (χ3v) is 3.45. The quantitative estimate of drug-likeness (QED) is 0.584. The number of ether oxygens (including phenoxy) is 2. The number of hydrogen-bond donors (Lipinski definition) is 1. The third kappa shape index (κ3) is 6.50. The summed E-state index contributed by atoms with van der Waals surface area (Å²) < 4.78 is 10.4. The highest BCUT2D eigenvalue weighted by Crippen LogP contribution is 2.12. The molecule has 0 bridgehead atoms. The third-order valence-electron chi connectivity index (χ3n) is 2.40. The molecule has 0 spiro atoms. The molecule has 0 radical (unpaired) electrons. The fourth-order valence-corrected chi connectivity index (χ4v) is 2.14. The lowest BCUT2D eigenvalue weighted by Gasteiger charge is -2.10. The van der Waals surface area contributed by atoms with Gasteiger partial charge in [0.25, 0.3) is 0 Å². The molecule has 1 unspecified atom stereocenters. The molecule has 0 fully saturated rings. The van der Waals surface area contributed by atoms with Gasteiger partial charge < -0.3 is 15.2 Å². The summed E-state index contributed by atoms with van der Waals surface area (Å²) in [5.74, 6) is 1.87. The molecule has 1 atom stereocenters. The van der Waals surface area contributed by atoms with Crippen LogP contribution in [0.15, 0.2) is 24.3 Å². The topological polar surface area (TPSA) is 61.5 Å². The lowest BCUT2D eigenvalue weighted by atomic mass is 10.2. The minimum absolute atomic E-state index is 0.338. The van der Waals surface area contributed by atoms with Crippen LogP contribution in [-0.4, -0.2) is 36.7 Å². The standard InChI is InChI=1S/C14H21NO3S/c1-3-17-14(16)13(15)10-19-9-8-18-12-6-4-11(2)5-7-12/h4-7,13H,3,8-10,15H2,1-2H3. The zero-order chi connectivity index (χ0) is 14.1. The van der Waals surface area contributed by atoms with Crippen LogP contribution in [-0.2, 0) is 9.53 Å². The molecule has 0 saturated carbocycles. The highest BCUT2D eigenvalue weighted by atomic mass is 32.2. The monoisotopic (exact) mass is 283 g/mol. The van der Waals surface area contributed by atoms with Crippen LogP contribution < -0.4 is 10.5 Å². The van der Waals surface area contributed by atoms with Crippen LogP contribution in [0.2, 0.25) is 0 Å². The first-order valence-corrected chi connectivity index (χ1v) is 7.48. The van der Waals surface area contributed by atoms with Gasteiger partial charge in [-0.15, -0.1) is 0 Å². The van der Waals surface area contributed by atoms with Gasteiger partial charge in [0, 0.05) is 11.5 Å². The molecule has 0 aliphatic heterocycles. The molecule has 0 aliphatic rings. The van der Waals surface area contributed by atoms with Crippen molar-refractivity contribution in [2.24, 2.45) is 5.73 Å². The molecule has 4 nitrogen and oxygen atoms in total. The lowest BCUT2D eigenvalue weighted by Crippen LogP contribution is -2.34. The van der Waals surface area contributed by atoms with Crippen LogP contribution in [0.3, 0.4) is 0 Å². The molecule has 2 N–H and O–H groups in total. The predicted molar refractivity (Wildman–Crippen MR) is 78.6 cm³/mol. The Bertz CT molecular complexity index is 381. The molecular weight excluding hydrogens is 262 g/mol. The molecule has 1 rings (SSSR count). The molecule has 0 aromatic heterocycles. The van der Waals surface area contributed by atoms with E-state index in [1.165, 1.54) is 5.56 Å². The van der Waals surface area contributed by atoms with Crippen molar-refractivity contribution in [3.8, 4) is 5.75 Å². The van der Waals surface area contributed by atoms with Crippen LogP contribution in [0, 0.1) is 6.92 Å². The van der Waals surface area contributed by atoms with Crippen molar-refractivity contribution in [1.82, 2.24) is 0 Å².